The minimum atomic E-state index is -0.496. The van der Waals surface area contributed by atoms with Crippen LogP contribution in [0.4, 0.5) is 0 Å². The first-order valence-electron chi connectivity index (χ1n) is 4.99. The van der Waals surface area contributed by atoms with Gasteiger partial charge in [-0.15, -0.1) is 0 Å². The molecule has 2 rings (SSSR count). The summed E-state index contributed by atoms with van der Waals surface area (Å²) in [5.74, 6) is 0. The quantitative estimate of drug-likeness (QED) is 0.825. The lowest BCUT2D eigenvalue weighted by Gasteiger charge is -2.12. The van der Waals surface area contributed by atoms with Crippen LogP contribution < -0.4 is 0 Å². The summed E-state index contributed by atoms with van der Waals surface area (Å²) in [6.45, 7) is 2.48. The number of hydrogen-bond donors (Lipinski definition) is 1. The molecule has 0 fully saturated rings. The standard InChI is InChI=1S/C12H14N2O/c1-10-7-8-13-14(10)9-12(15)11-5-3-2-4-6-11/h2-8,12,15H,9H2,1H3/t12-/m0/s1. The van der Waals surface area contributed by atoms with Gasteiger partial charge in [0.2, 0.25) is 0 Å². The maximum Gasteiger partial charge on any atom is 0.0985 e. The van der Waals surface area contributed by atoms with E-state index in [-0.39, 0.29) is 0 Å². The van der Waals surface area contributed by atoms with E-state index >= 15 is 0 Å². The molecule has 0 aliphatic heterocycles. The topological polar surface area (TPSA) is 38.0 Å². The third kappa shape index (κ3) is 2.25. The van der Waals surface area contributed by atoms with Crippen molar-refractivity contribution < 1.29 is 5.11 Å². The molecule has 1 heterocycles. The number of benzene rings is 1. The summed E-state index contributed by atoms with van der Waals surface area (Å²) in [5, 5.41) is 14.1. The van der Waals surface area contributed by atoms with Crippen molar-refractivity contribution in [2.75, 3.05) is 0 Å². The van der Waals surface area contributed by atoms with Crippen LogP contribution >= 0.6 is 0 Å². The monoisotopic (exact) mass is 202 g/mol. The summed E-state index contributed by atoms with van der Waals surface area (Å²) in [6, 6.07) is 11.6. The first kappa shape index (κ1) is 9.93. The second kappa shape index (κ2) is 4.28. The highest BCUT2D eigenvalue weighted by molar-refractivity contribution is 5.17. The van der Waals surface area contributed by atoms with Crippen LogP contribution in [0.2, 0.25) is 0 Å². The molecule has 0 saturated heterocycles. The van der Waals surface area contributed by atoms with Crippen LogP contribution in [-0.2, 0) is 6.54 Å². The van der Waals surface area contributed by atoms with E-state index in [1.54, 1.807) is 10.9 Å². The Kier molecular flexibility index (Phi) is 2.83. The fourth-order valence-electron chi connectivity index (χ4n) is 1.53. The van der Waals surface area contributed by atoms with Gasteiger partial charge >= 0.3 is 0 Å². The average molecular weight is 202 g/mol. The van der Waals surface area contributed by atoms with Crippen molar-refractivity contribution in [2.24, 2.45) is 0 Å². The summed E-state index contributed by atoms with van der Waals surface area (Å²) in [7, 11) is 0. The van der Waals surface area contributed by atoms with E-state index in [4.69, 9.17) is 0 Å². The molecule has 0 radical (unpaired) electrons. The molecule has 1 atom stereocenters. The largest absolute Gasteiger partial charge is 0.386 e. The van der Waals surface area contributed by atoms with Gasteiger partial charge in [-0.25, -0.2) is 0 Å². The SMILES string of the molecule is Cc1ccnn1C[C@H](O)c1ccccc1. The number of aromatic nitrogens is 2. The molecule has 0 aliphatic rings. The van der Waals surface area contributed by atoms with Crippen molar-refractivity contribution in [1.82, 2.24) is 9.78 Å². The number of hydrogen-bond acceptors (Lipinski definition) is 2. The van der Waals surface area contributed by atoms with Crippen LogP contribution in [0.15, 0.2) is 42.6 Å². The second-order valence-corrected chi connectivity index (χ2v) is 3.58. The number of nitrogens with zero attached hydrogens (tertiary/aromatic N) is 2. The molecular formula is C12H14N2O. The maximum atomic E-state index is 9.96. The minimum Gasteiger partial charge on any atom is -0.386 e. The van der Waals surface area contributed by atoms with Crippen LogP contribution in [0.3, 0.4) is 0 Å². The van der Waals surface area contributed by atoms with E-state index in [0.717, 1.165) is 11.3 Å². The van der Waals surface area contributed by atoms with Crippen molar-refractivity contribution in [3.63, 3.8) is 0 Å². The van der Waals surface area contributed by atoms with E-state index in [1.807, 2.05) is 43.3 Å². The number of aliphatic hydroxyl groups excluding tert-OH is 1. The first-order valence-corrected chi connectivity index (χ1v) is 4.99. The summed E-state index contributed by atoms with van der Waals surface area (Å²) in [5.41, 5.74) is 1.98. The number of aryl methyl sites for hydroxylation is 1. The molecule has 0 aliphatic carbocycles. The van der Waals surface area contributed by atoms with Gasteiger partial charge in [0, 0.05) is 11.9 Å². The maximum absolute atomic E-state index is 9.96. The molecule has 1 aromatic heterocycles. The first-order chi connectivity index (χ1) is 7.27. The number of aliphatic hydroxyl groups is 1. The summed E-state index contributed by atoms with van der Waals surface area (Å²) >= 11 is 0. The van der Waals surface area contributed by atoms with Crippen molar-refractivity contribution >= 4 is 0 Å². The zero-order valence-electron chi connectivity index (χ0n) is 8.67. The van der Waals surface area contributed by atoms with E-state index < -0.39 is 6.10 Å². The van der Waals surface area contributed by atoms with Crippen molar-refractivity contribution in [2.45, 2.75) is 19.6 Å². The van der Waals surface area contributed by atoms with Crippen LogP contribution in [0.5, 0.6) is 0 Å². The van der Waals surface area contributed by atoms with Gasteiger partial charge in [0.15, 0.2) is 0 Å². The molecule has 0 bridgehead atoms. The van der Waals surface area contributed by atoms with E-state index in [2.05, 4.69) is 5.10 Å². The van der Waals surface area contributed by atoms with Crippen LogP contribution in [0, 0.1) is 6.92 Å². The molecule has 0 saturated carbocycles. The number of rotatable bonds is 3. The highest BCUT2D eigenvalue weighted by atomic mass is 16.3. The Morgan fingerprint density at radius 2 is 2.00 bits per heavy atom. The Balaban J connectivity index is 2.11. The van der Waals surface area contributed by atoms with E-state index in [1.165, 1.54) is 0 Å². The minimum absolute atomic E-state index is 0.496. The fraction of sp³-hybridized carbons (Fsp3) is 0.250. The van der Waals surface area contributed by atoms with Crippen LogP contribution in [0.1, 0.15) is 17.4 Å². The molecular weight excluding hydrogens is 188 g/mol. The van der Waals surface area contributed by atoms with Crippen LogP contribution in [-0.4, -0.2) is 14.9 Å². The molecule has 78 valence electrons. The van der Waals surface area contributed by atoms with Crippen molar-refractivity contribution in [3.8, 4) is 0 Å². The zero-order valence-corrected chi connectivity index (χ0v) is 8.67. The molecule has 3 heteroatoms. The lowest BCUT2D eigenvalue weighted by molar-refractivity contribution is 0.150. The summed E-state index contributed by atoms with van der Waals surface area (Å²) < 4.78 is 1.80. The Labute approximate surface area is 89.0 Å². The van der Waals surface area contributed by atoms with E-state index in [9.17, 15) is 5.11 Å². The van der Waals surface area contributed by atoms with Gasteiger partial charge in [0.05, 0.1) is 12.6 Å². The Hall–Kier alpha value is -1.61. The average Bonchev–Trinajstić information content (AvgIpc) is 2.66. The third-order valence-electron chi connectivity index (χ3n) is 2.46. The smallest absolute Gasteiger partial charge is 0.0985 e. The summed E-state index contributed by atoms with van der Waals surface area (Å²) in [6.07, 6.45) is 1.25. The fourth-order valence-corrected chi connectivity index (χ4v) is 1.53. The second-order valence-electron chi connectivity index (χ2n) is 3.58. The van der Waals surface area contributed by atoms with Gasteiger partial charge in [0.25, 0.3) is 0 Å². The summed E-state index contributed by atoms with van der Waals surface area (Å²) in [4.78, 5) is 0. The molecule has 1 aromatic carbocycles. The highest BCUT2D eigenvalue weighted by Gasteiger charge is 2.08. The molecule has 0 spiro atoms. The predicted octanol–water partition coefficient (Wildman–Crippen LogP) is 1.93. The predicted molar refractivity (Wildman–Crippen MR) is 58.4 cm³/mol. The van der Waals surface area contributed by atoms with Gasteiger partial charge in [-0.1, -0.05) is 30.3 Å². The lowest BCUT2D eigenvalue weighted by atomic mass is 10.1. The van der Waals surface area contributed by atoms with Crippen molar-refractivity contribution in [1.29, 1.82) is 0 Å². The van der Waals surface area contributed by atoms with Crippen molar-refractivity contribution in [3.05, 3.63) is 53.9 Å². The van der Waals surface area contributed by atoms with E-state index in [0.29, 0.717) is 6.54 Å². The normalized spacial score (nSPS) is 12.7. The highest BCUT2D eigenvalue weighted by Crippen LogP contribution is 2.14. The van der Waals surface area contributed by atoms with Gasteiger partial charge in [0.1, 0.15) is 0 Å². The van der Waals surface area contributed by atoms with Crippen LogP contribution in [0.25, 0.3) is 0 Å². The molecule has 3 nitrogen and oxygen atoms in total. The lowest BCUT2D eigenvalue weighted by Crippen LogP contribution is -2.10. The molecule has 1 N–H and O–H groups in total. The Bertz CT molecular complexity index is 422. The van der Waals surface area contributed by atoms with Gasteiger partial charge in [-0.3, -0.25) is 4.68 Å². The van der Waals surface area contributed by atoms with Gasteiger partial charge < -0.3 is 5.11 Å². The third-order valence-corrected chi connectivity index (χ3v) is 2.46. The molecule has 15 heavy (non-hydrogen) atoms. The molecule has 0 amide bonds. The molecule has 2 aromatic rings. The molecule has 0 unspecified atom stereocenters. The van der Waals surface area contributed by atoms with Gasteiger partial charge in [-0.05, 0) is 18.6 Å². The zero-order chi connectivity index (χ0) is 10.7. The Morgan fingerprint density at radius 1 is 1.27 bits per heavy atom. The van der Waals surface area contributed by atoms with Gasteiger partial charge in [-0.2, -0.15) is 5.10 Å². The Morgan fingerprint density at radius 3 is 2.60 bits per heavy atom.